The summed E-state index contributed by atoms with van der Waals surface area (Å²) in [5, 5.41) is 20.8. The van der Waals surface area contributed by atoms with E-state index < -0.39 is 0 Å². The molecule has 0 aromatic heterocycles. The van der Waals surface area contributed by atoms with Crippen LogP contribution in [0.5, 0.6) is 5.75 Å². The Balaban J connectivity index is 2.26. The zero-order valence-electron chi connectivity index (χ0n) is 10.8. The maximum atomic E-state index is 12.1. The van der Waals surface area contributed by atoms with Crippen LogP contribution in [0.15, 0.2) is 36.4 Å². The van der Waals surface area contributed by atoms with Crippen molar-refractivity contribution in [1.29, 1.82) is 5.26 Å². The summed E-state index contributed by atoms with van der Waals surface area (Å²) in [7, 11) is 0. The molecule has 0 radical (unpaired) electrons. The topological polar surface area (TPSA) is 99.1 Å². The first-order valence-electron chi connectivity index (χ1n) is 5.92. The first-order valence-corrected chi connectivity index (χ1v) is 5.92. The Morgan fingerprint density at radius 2 is 2.05 bits per heavy atom. The molecule has 0 saturated carbocycles. The molecular formula is C15H13N3O2. The van der Waals surface area contributed by atoms with Crippen LogP contribution in [-0.4, -0.2) is 11.0 Å². The third kappa shape index (κ3) is 2.70. The molecule has 0 aliphatic rings. The Bertz CT molecular complexity index is 718. The van der Waals surface area contributed by atoms with Gasteiger partial charge in [-0.15, -0.1) is 0 Å². The number of nitrogen functional groups attached to an aromatic ring is 1. The summed E-state index contributed by atoms with van der Waals surface area (Å²) in [5.41, 5.74) is 8.10. The molecule has 2 aromatic rings. The Kier molecular flexibility index (Phi) is 3.58. The number of carbonyl (C=O) groups excluding carboxylic acids is 1. The average Bonchev–Trinajstić information content (AvgIpc) is 2.40. The fourth-order valence-electron chi connectivity index (χ4n) is 1.84. The summed E-state index contributed by atoms with van der Waals surface area (Å²) in [6.45, 7) is 1.73. The van der Waals surface area contributed by atoms with Crippen LogP contribution >= 0.6 is 0 Å². The summed E-state index contributed by atoms with van der Waals surface area (Å²) in [4.78, 5) is 12.1. The average molecular weight is 267 g/mol. The number of benzene rings is 2. The van der Waals surface area contributed by atoms with E-state index in [1.54, 1.807) is 25.1 Å². The quantitative estimate of drug-likeness (QED) is 0.727. The smallest absolute Gasteiger partial charge is 0.255 e. The second-order valence-corrected chi connectivity index (χ2v) is 4.37. The molecule has 0 unspecified atom stereocenters. The highest BCUT2D eigenvalue weighted by molar-refractivity contribution is 6.06. The van der Waals surface area contributed by atoms with Crippen molar-refractivity contribution in [2.24, 2.45) is 0 Å². The van der Waals surface area contributed by atoms with Gasteiger partial charge in [-0.1, -0.05) is 0 Å². The van der Waals surface area contributed by atoms with Gasteiger partial charge in [0.15, 0.2) is 0 Å². The zero-order valence-corrected chi connectivity index (χ0v) is 10.8. The number of anilines is 2. The molecule has 2 rings (SSSR count). The molecular weight excluding hydrogens is 254 g/mol. The zero-order chi connectivity index (χ0) is 14.7. The number of phenols is 1. The number of nitrogens with zero attached hydrogens (tertiary/aromatic N) is 1. The first-order chi connectivity index (χ1) is 9.51. The number of rotatable bonds is 2. The molecule has 1 amide bonds. The second kappa shape index (κ2) is 5.33. The van der Waals surface area contributed by atoms with Crippen molar-refractivity contribution in [2.45, 2.75) is 6.92 Å². The van der Waals surface area contributed by atoms with E-state index in [4.69, 9.17) is 11.0 Å². The van der Waals surface area contributed by atoms with E-state index in [2.05, 4.69) is 5.32 Å². The number of carbonyl (C=O) groups is 1. The lowest BCUT2D eigenvalue weighted by molar-refractivity contribution is 0.102. The van der Waals surface area contributed by atoms with Gasteiger partial charge in [0.05, 0.1) is 23.0 Å². The first kappa shape index (κ1) is 13.4. The Morgan fingerprint density at radius 1 is 1.30 bits per heavy atom. The van der Waals surface area contributed by atoms with Crippen LogP contribution in [0, 0.1) is 18.3 Å². The van der Waals surface area contributed by atoms with Gasteiger partial charge in [0.1, 0.15) is 5.75 Å². The summed E-state index contributed by atoms with van der Waals surface area (Å²) < 4.78 is 0. The van der Waals surface area contributed by atoms with Gasteiger partial charge in [0.25, 0.3) is 5.91 Å². The summed E-state index contributed by atoms with van der Waals surface area (Å²) in [5.74, 6) is -0.212. The predicted molar refractivity (Wildman–Crippen MR) is 76.4 cm³/mol. The van der Waals surface area contributed by atoms with Gasteiger partial charge in [0.2, 0.25) is 0 Å². The molecule has 0 aliphatic heterocycles. The van der Waals surface area contributed by atoms with Crippen molar-refractivity contribution in [3.63, 3.8) is 0 Å². The van der Waals surface area contributed by atoms with E-state index in [1.165, 1.54) is 18.2 Å². The summed E-state index contributed by atoms with van der Waals surface area (Å²) in [6.07, 6.45) is 0. The van der Waals surface area contributed by atoms with Crippen LogP contribution < -0.4 is 11.1 Å². The number of phenolic OH excluding ortho intramolecular Hbond substituents is 1. The Labute approximate surface area is 116 Å². The van der Waals surface area contributed by atoms with Crippen molar-refractivity contribution >= 4 is 17.3 Å². The van der Waals surface area contributed by atoms with Crippen LogP contribution in [0.4, 0.5) is 11.4 Å². The molecule has 0 heterocycles. The van der Waals surface area contributed by atoms with E-state index in [1.807, 2.05) is 6.07 Å². The van der Waals surface area contributed by atoms with Crippen LogP contribution in [0.1, 0.15) is 21.5 Å². The molecule has 5 nitrogen and oxygen atoms in total. The molecule has 5 heteroatoms. The monoisotopic (exact) mass is 267 g/mol. The van der Waals surface area contributed by atoms with Gasteiger partial charge in [0, 0.05) is 5.56 Å². The Morgan fingerprint density at radius 3 is 2.65 bits per heavy atom. The highest BCUT2D eigenvalue weighted by Gasteiger charge is 2.11. The molecule has 0 bridgehead atoms. The van der Waals surface area contributed by atoms with E-state index >= 15 is 0 Å². The van der Waals surface area contributed by atoms with E-state index in [0.29, 0.717) is 28.1 Å². The van der Waals surface area contributed by atoms with Gasteiger partial charge in [-0.2, -0.15) is 5.26 Å². The Hall–Kier alpha value is -3.00. The number of hydrogen-bond donors (Lipinski definition) is 3. The fourth-order valence-corrected chi connectivity index (χ4v) is 1.84. The minimum Gasteiger partial charge on any atom is -0.508 e. The largest absolute Gasteiger partial charge is 0.508 e. The second-order valence-electron chi connectivity index (χ2n) is 4.37. The van der Waals surface area contributed by atoms with E-state index in [0.717, 1.165) is 0 Å². The SMILES string of the molecule is Cc1cc(O)ccc1C(=O)Nc1ccc(C#N)cc1N. The van der Waals surface area contributed by atoms with Crippen LogP contribution in [0.25, 0.3) is 0 Å². The van der Waals surface area contributed by atoms with Gasteiger partial charge in [-0.25, -0.2) is 0 Å². The third-order valence-electron chi connectivity index (χ3n) is 2.88. The molecule has 4 N–H and O–H groups in total. The van der Waals surface area contributed by atoms with E-state index in [9.17, 15) is 9.90 Å². The number of amides is 1. The number of nitrogens with one attached hydrogen (secondary N) is 1. The van der Waals surface area contributed by atoms with Crippen LogP contribution in [-0.2, 0) is 0 Å². The highest BCUT2D eigenvalue weighted by atomic mass is 16.3. The number of nitrogens with two attached hydrogens (primary N) is 1. The number of aromatic hydroxyl groups is 1. The van der Waals surface area contributed by atoms with Gasteiger partial charge < -0.3 is 16.2 Å². The lowest BCUT2D eigenvalue weighted by Gasteiger charge is -2.10. The molecule has 0 atom stereocenters. The maximum Gasteiger partial charge on any atom is 0.255 e. The lowest BCUT2D eigenvalue weighted by Crippen LogP contribution is -2.14. The van der Waals surface area contributed by atoms with Crippen molar-refractivity contribution in [1.82, 2.24) is 0 Å². The van der Waals surface area contributed by atoms with Crippen molar-refractivity contribution in [2.75, 3.05) is 11.1 Å². The normalized spacial score (nSPS) is 9.80. The van der Waals surface area contributed by atoms with Crippen molar-refractivity contribution in [3.8, 4) is 11.8 Å². The van der Waals surface area contributed by atoms with Gasteiger partial charge >= 0.3 is 0 Å². The standard InChI is InChI=1S/C15H13N3O2/c1-9-6-11(19)3-4-12(9)15(20)18-14-5-2-10(8-16)7-13(14)17/h2-7,19H,17H2,1H3,(H,18,20). The summed E-state index contributed by atoms with van der Waals surface area (Å²) >= 11 is 0. The maximum absolute atomic E-state index is 12.1. The highest BCUT2D eigenvalue weighted by Crippen LogP contribution is 2.22. The summed E-state index contributed by atoms with van der Waals surface area (Å²) in [6, 6.07) is 11.1. The number of nitriles is 1. The molecule has 0 aliphatic carbocycles. The molecule has 0 saturated heterocycles. The molecule has 2 aromatic carbocycles. The molecule has 20 heavy (non-hydrogen) atoms. The van der Waals surface area contributed by atoms with Crippen molar-refractivity contribution < 1.29 is 9.90 Å². The lowest BCUT2D eigenvalue weighted by atomic mass is 10.1. The third-order valence-corrected chi connectivity index (χ3v) is 2.88. The van der Waals surface area contributed by atoms with Crippen molar-refractivity contribution in [3.05, 3.63) is 53.1 Å². The van der Waals surface area contributed by atoms with Crippen LogP contribution in [0.2, 0.25) is 0 Å². The van der Waals surface area contributed by atoms with E-state index in [-0.39, 0.29) is 11.7 Å². The fraction of sp³-hybridized carbons (Fsp3) is 0.0667. The molecule has 0 fully saturated rings. The minimum atomic E-state index is -0.320. The number of aryl methyl sites for hydroxylation is 1. The molecule has 100 valence electrons. The molecule has 0 spiro atoms. The van der Waals surface area contributed by atoms with Gasteiger partial charge in [-0.3, -0.25) is 4.79 Å². The van der Waals surface area contributed by atoms with Crippen LogP contribution in [0.3, 0.4) is 0 Å². The number of hydrogen-bond acceptors (Lipinski definition) is 4. The van der Waals surface area contributed by atoms with Gasteiger partial charge in [-0.05, 0) is 48.9 Å². The predicted octanol–water partition coefficient (Wildman–Crippen LogP) is 2.41. The minimum absolute atomic E-state index is 0.108.